The molecular formula is C20H28N2O4. The van der Waals surface area contributed by atoms with Gasteiger partial charge in [0.1, 0.15) is 0 Å². The molecule has 0 unspecified atom stereocenters. The van der Waals surface area contributed by atoms with Gasteiger partial charge >= 0.3 is 12.1 Å². The molecule has 2 fully saturated rings. The minimum atomic E-state index is -0.787. The average Bonchev–Trinajstić information content (AvgIpc) is 2.67. The Morgan fingerprint density at radius 3 is 1.92 bits per heavy atom. The van der Waals surface area contributed by atoms with Gasteiger partial charge in [0.25, 0.3) is 0 Å². The summed E-state index contributed by atoms with van der Waals surface area (Å²) in [7, 11) is 0. The fraction of sp³-hybridized carbons (Fsp3) is 0.600. The predicted octanol–water partition coefficient (Wildman–Crippen LogP) is 3.31. The minimum absolute atomic E-state index is 0.172. The molecule has 2 aliphatic rings. The minimum Gasteiger partial charge on any atom is -0.481 e. The number of carboxylic acid groups (broad SMARTS) is 2. The van der Waals surface area contributed by atoms with Crippen molar-refractivity contribution >= 4 is 17.7 Å². The van der Waals surface area contributed by atoms with E-state index >= 15 is 0 Å². The maximum atomic E-state index is 11.0. The fourth-order valence-electron chi connectivity index (χ4n) is 4.32. The number of carbonyl (C=O) groups is 2. The van der Waals surface area contributed by atoms with Gasteiger partial charge in [0.2, 0.25) is 0 Å². The number of benzene rings is 1. The molecule has 3 rings (SSSR count). The number of nitrogens with zero attached hydrogens (tertiary/aromatic N) is 2. The molecular weight excluding hydrogens is 332 g/mol. The molecule has 142 valence electrons. The summed E-state index contributed by atoms with van der Waals surface area (Å²) in [4.78, 5) is 25.6. The molecule has 6 nitrogen and oxygen atoms in total. The van der Waals surface area contributed by atoms with E-state index in [4.69, 9.17) is 10.2 Å². The first-order chi connectivity index (χ1) is 12.5. The smallest absolute Gasteiger partial charge is 0.407 e. The topological polar surface area (TPSA) is 81.1 Å². The Labute approximate surface area is 154 Å². The Balaban J connectivity index is 1.46. The summed E-state index contributed by atoms with van der Waals surface area (Å²) in [6.45, 7) is 3.44. The molecule has 0 aliphatic carbocycles. The molecule has 1 aromatic rings. The maximum Gasteiger partial charge on any atom is 0.407 e. The molecule has 0 atom stereocenters. The highest BCUT2D eigenvalue weighted by atomic mass is 16.4. The average molecular weight is 360 g/mol. The first kappa shape index (κ1) is 18.5. The van der Waals surface area contributed by atoms with E-state index in [1.54, 1.807) is 0 Å². The Morgan fingerprint density at radius 1 is 0.885 bits per heavy atom. The Morgan fingerprint density at radius 2 is 1.42 bits per heavy atom. The lowest BCUT2D eigenvalue weighted by Crippen LogP contribution is -2.42. The van der Waals surface area contributed by atoms with Crippen LogP contribution in [0, 0.1) is 11.8 Å². The van der Waals surface area contributed by atoms with Crippen LogP contribution < -0.4 is 4.90 Å². The second kappa shape index (κ2) is 8.43. The highest BCUT2D eigenvalue weighted by Gasteiger charge is 2.30. The zero-order valence-electron chi connectivity index (χ0n) is 15.1. The number of carboxylic acids is 1. The van der Waals surface area contributed by atoms with Crippen molar-refractivity contribution in [2.75, 3.05) is 31.1 Å². The monoisotopic (exact) mass is 360 g/mol. The molecule has 1 amide bonds. The van der Waals surface area contributed by atoms with E-state index in [-0.39, 0.29) is 6.42 Å². The third-order valence-electron chi connectivity index (χ3n) is 5.95. The van der Waals surface area contributed by atoms with Crippen molar-refractivity contribution < 1.29 is 19.8 Å². The number of likely N-dealkylation sites (tertiary alicyclic amines) is 1. The molecule has 0 aromatic heterocycles. The lowest BCUT2D eigenvalue weighted by molar-refractivity contribution is -0.136. The summed E-state index contributed by atoms with van der Waals surface area (Å²) in [5, 5.41) is 17.8. The molecule has 1 aromatic carbocycles. The molecule has 0 radical (unpaired) electrons. The SMILES string of the molecule is O=C(O)CCc1ccc(N2CCC(C3CCN(C(=O)O)CC3)CC2)cc1. The first-order valence-electron chi connectivity index (χ1n) is 9.56. The van der Waals surface area contributed by atoms with Gasteiger partial charge < -0.3 is 20.0 Å². The van der Waals surface area contributed by atoms with Crippen molar-refractivity contribution in [3.8, 4) is 0 Å². The van der Waals surface area contributed by atoms with Gasteiger partial charge in [-0.15, -0.1) is 0 Å². The number of amides is 1. The van der Waals surface area contributed by atoms with Gasteiger partial charge in [-0.1, -0.05) is 12.1 Å². The van der Waals surface area contributed by atoms with Crippen molar-refractivity contribution in [3.63, 3.8) is 0 Å². The second-order valence-corrected chi connectivity index (χ2v) is 7.49. The van der Waals surface area contributed by atoms with Gasteiger partial charge in [0, 0.05) is 38.3 Å². The molecule has 6 heteroatoms. The summed E-state index contributed by atoms with van der Waals surface area (Å²) < 4.78 is 0. The zero-order chi connectivity index (χ0) is 18.5. The van der Waals surface area contributed by atoms with Crippen LogP contribution in [0.5, 0.6) is 0 Å². The van der Waals surface area contributed by atoms with Crippen LogP contribution in [0.15, 0.2) is 24.3 Å². The number of aryl methyl sites for hydroxylation is 1. The molecule has 0 saturated carbocycles. The van der Waals surface area contributed by atoms with E-state index in [1.165, 1.54) is 23.4 Å². The predicted molar refractivity (Wildman–Crippen MR) is 99.7 cm³/mol. The highest BCUT2D eigenvalue weighted by Crippen LogP contribution is 2.34. The molecule has 2 heterocycles. The molecule has 2 saturated heterocycles. The van der Waals surface area contributed by atoms with Crippen LogP contribution in [0.25, 0.3) is 0 Å². The number of anilines is 1. The van der Waals surface area contributed by atoms with Crippen LogP contribution in [0.1, 0.15) is 37.7 Å². The zero-order valence-corrected chi connectivity index (χ0v) is 15.1. The van der Waals surface area contributed by atoms with E-state index in [0.717, 1.165) is 31.5 Å². The van der Waals surface area contributed by atoms with Gasteiger partial charge in [0.15, 0.2) is 0 Å². The van der Waals surface area contributed by atoms with E-state index in [2.05, 4.69) is 17.0 Å². The van der Waals surface area contributed by atoms with Crippen molar-refractivity contribution in [1.29, 1.82) is 0 Å². The van der Waals surface area contributed by atoms with Crippen molar-refractivity contribution in [1.82, 2.24) is 4.90 Å². The van der Waals surface area contributed by atoms with Gasteiger partial charge in [0.05, 0.1) is 0 Å². The van der Waals surface area contributed by atoms with Crippen molar-refractivity contribution in [3.05, 3.63) is 29.8 Å². The normalized spacial score (nSPS) is 19.5. The quantitative estimate of drug-likeness (QED) is 0.842. The Kier molecular flexibility index (Phi) is 6.01. The lowest BCUT2D eigenvalue weighted by atomic mass is 9.79. The highest BCUT2D eigenvalue weighted by molar-refractivity contribution is 5.67. The largest absolute Gasteiger partial charge is 0.481 e. The second-order valence-electron chi connectivity index (χ2n) is 7.49. The van der Waals surface area contributed by atoms with Gasteiger partial charge in [-0.3, -0.25) is 4.79 Å². The standard InChI is InChI=1S/C20H28N2O4/c23-19(24)6-3-15-1-4-18(5-2-15)21-11-7-16(8-12-21)17-9-13-22(14-10-17)20(25)26/h1-2,4-5,16-17H,3,6-14H2,(H,23,24)(H,25,26). The van der Waals surface area contributed by atoms with Gasteiger partial charge in [-0.2, -0.15) is 0 Å². The summed E-state index contributed by atoms with van der Waals surface area (Å²) >= 11 is 0. The van der Waals surface area contributed by atoms with E-state index in [1.807, 2.05) is 12.1 Å². The lowest BCUT2D eigenvalue weighted by Gasteiger charge is -2.40. The molecule has 0 bridgehead atoms. The third-order valence-corrected chi connectivity index (χ3v) is 5.95. The number of hydrogen-bond donors (Lipinski definition) is 2. The summed E-state index contributed by atoms with van der Waals surface area (Å²) in [6.07, 6.45) is 4.28. The van der Waals surface area contributed by atoms with Crippen LogP contribution in [-0.2, 0) is 11.2 Å². The summed E-state index contributed by atoms with van der Waals surface area (Å²) in [6, 6.07) is 8.27. The van der Waals surface area contributed by atoms with Crippen LogP contribution >= 0.6 is 0 Å². The van der Waals surface area contributed by atoms with Gasteiger partial charge in [-0.05, 0) is 61.6 Å². The van der Waals surface area contributed by atoms with Crippen LogP contribution in [0.3, 0.4) is 0 Å². The molecule has 2 N–H and O–H groups in total. The molecule has 26 heavy (non-hydrogen) atoms. The van der Waals surface area contributed by atoms with E-state index in [9.17, 15) is 9.59 Å². The Hall–Kier alpha value is -2.24. The fourth-order valence-corrected chi connectivity index (χ4v) is 4.32. The van der Waals surface area contributed by atoms with Gasteiger partial charge in [-0.25, -0.2) is 4.79 Å². The summed E-state index contributed by atoms with van der Waals surface area (Å²) in [5.41, 5.74) is 2.28. The summed E-state index contributed by atoms with van der Waals surface area (Å²) in [5.74, 6) is 0.605. The Bertz CT molecular complexity index is 615. The third kappa shape index (κ3) is 4.68. The van der Waals surface area contributed by atoms with Crippen LogP contribution in [0.4, 0.5) is 10.5 Å². The first-order valence-corrected chi connectivity index (χ1v) is 9.56. The molecule has 0 spiro atoms. The molecule has 2 aliphatic heterocycles. The van der Waals surface area contributed by atoms with Crippen molar-refractivity contribution in [2.24, 2.45) is 11.8 Å². The number of aliphatic carboxylic acids is 1. The van der Waals surface area contributed by atoms with E-state index < -0.39 is 12.1 Å². The number of piperidine rings is 2. The van der Waals surface area contributed by atoms with Crippen molar-refractivity contribution in [2.45, 2.75) is 38.5 Å². The number of rotatable bonds is 5. The maximum absolute atomic E-state index is 11.0. The van der Waals surface area contributed by atoms with Crippen LogP contribution in [0.2, 0.25) is 0 Å². The van der Waals surface area contributed by atoms with E-state index in [0.29, 0.717) is 31.3 Å². The van der Waals surface area contributed by atoms with Crippen LogP contribution in [-0.4, -0.2) is 53.4 Å². The number of hydrogen-bond acceptors (Lipinski definition) is 3.